The number of aliphatic hydroxyl groups excluding tert-OH is 2. The maximum atomic E-state index is 13.3. The summed E-state index contributed by atoms with van der Waals surface area (Å²) >= 11 is 0. The van der Waals surface area contributed by atoms with Gasteiger partial charge in [-0.1, -0.05) is 53.2 Å². The molecule has 28 atom stereocenters. The molecule has 0 aromatic heterocycles. The SMILES string of the molecule is C=C(CCCO)[C@@]1(O)[C@H](O)C2C[C@H](OP(P(P)P(P)P)P(P(P)P)P(P)P)C(C)=C([C@@H](OP(P(P)P)P(PP)P(P)P)[C@H](OP(P)P(P)P)[C@H]1C)C2(C)C. The predicted octanol–water partition coefficient (Wildman–Crippen LogP) is 17.8. The van der Waals surface area contributed by atoms with E-state index in [2.05, 4.69) is 161 Å². The zero-order chi connectivity index (χ0) is 41.8. The van der Waals surface area contributed by atoms with Crippen LogP contribution in [0, 0.1) is 17.3 Å². The topological polar surface area (TPSA) is 88.4 Å². The minimum absolute atomic E-state index is 0.0213. The summed E-state index contributed by atoms with van der Waals surface area (Å²) in [6, 6.07) is 0. The summed E-state index contributed by atoms with van der Waals surface area (Å²) < 4.78 is 22.6. The van der Waals surface area contributed by atoms with E-state index in [0.29, 0.717) is 32.8 Å². The van der Waals surface area contributed by atoms with Crippen LogP contribution in [-0.4, -0.2) is 51.9 Å². The Kier molecular flexibility index (Phi) is 32.9. The second-order valence-corrected chi connectivity index (χ2v) is 111. The van der Waals surface area contributed by atoms with Crippen LogP contribution >= 0.6 is 227 Å². The molecule has 2 aliphatic rings. The molecule has 0 aromatic rings. The number of hydrogen-bond acceptors (Lipinski definition) is 6. The molecule has 2 aliphatic carbocycles. The molecule has 1 saturated carbocycles. The Balaban J connectivity index is 3.15. The molecule has 1 fully saturated rings. The van der Waals surface area contributed by atoms with Gasteiger partial charge in [0, 0.05) is 33.5 Å². The zero-order valence-electron chi connectivity index (χ0n) is 30.6. The van der Waals surface area contributed by atoms with Gasteiger partial charge in [0.15, 0.2) is 0 Å². The number of fused-ring (bicyclic) bond motifs is 2. The van der Waals surface area contributed by atoms with Crippen LogP contribution < -0.4 is 0 Å². The van der Waals surface area contributed by atoms with Crippen molar-refractivity contribution in [2.75, 3.05) is 6.61 Å². The fourth-order valence-corrected chi connectivity index (χ4v) is 171. The average Bonchev–Trinajstić information content (AvgIpc) is 3.06. The highest BCUT2D eigenvalue weighted by Gasteiger charge is 2.61. The maximum absolute atomic E-state index is 13.3. The van der Waals surface area contributed by atoms with E-state index in [1.54, 1.807) is 0 Å². The summed E-state index contributed by atoms with van der Waals surface area (Å²) in [6.45, 7) is 8.93. The van der Waals surface area contributed by atoms with Gasteiger partial charge in [-0.15, -0.1) is 116 Å². The molecule has 0 spiro atoms. The minimum atomic E-state index is -1.70. The molecule has 318 valence electrons. The summed E-state index contributed by atoms with van der Waals surface area (Å²) in [6.07, 6.45) is -1.04. The minimum Gasteiger partial charge on any atom is -0.396 e. The van der Waals surface area contributed by atoms with Gasteiger partial charge in [-0.3, -0.25) is 0 Å². The highest BCUT2D eigenvalue weighted by molar-refractivity contribution is 9.19. The van der Waals surface area contributed by atoms with Gasteiger partial charge < -0.3 is 28.9 Å². The van der Waals surface area contributed by atoms with Gasteiger partial charge >= 0.3 is 0 Å². The van der Waals surface area contributed by atoms with Crippen LogP contribution in [0.25, 0.3) is 0 Å². The highest BCUT2D eigenvalue weighted by Crippen LogP contribution is 3.18. The lowest BCUT2D eigenvalue weighted by Crippen LogP contribution is -2.64. The van der Waals surface area contributed by atoms with E-state index < -0.39 is 121 Å². The molecule has 3 N–H and O–H groups in total. The van der Waals surface area contributed by atoms with E-state index >= 15 is 0 Å². The van der Waals surface area contributed by atoms with E-state index in [1.807, 2.05) is 6.92 Å². The van der Waals surface area contributed by atoms with Crippen LogP contribution in [0.3, 0.4) is 0 Å². The summed E-state index contributed by atoms with van der Waals surface area (Å²) in [4.78, 5) is 0. The third kappa shape index (κ3) is 16.2. The van der Waals surface area contributed by atoms with E-state index in [9.17, 15) is 15.3 Å². The molecular weight excluding hydrogens is 1200 g/mol. The van der Waals surface area contributed by atoms with E-state index in [1.165, 1.54) is 5.57 Å². The number of aliphatic hydroxyl groups is 3. The Labute approximate surface area is 377 Å². The van der Waals surface area contributed by atoms with Crippen LogP contribution in [0.15, 0.2) is 23.3 Å². The Morgan fingerprint density at radius 1 is 0.833 bits per heavy atom. The fraction of sp³-hybridized carbons (Fsp3) is 0.800. The Morgan fingerprint density at radius 3 is 1.81 bits per heavy atom. The predicted molar refractivity (Wildman–Crippen MR) is 332 cm³/mol. The van der Waals surface area contributed by atoms with Crippen molar-refractivity contribution in [1.82, 2.24) is 0 Å². The van der Waals surface area contributed by atoms with Crippen molar-refractivity contribution in [2.24, 2.45) is 17.3 Å². The van der Waals surface area contributed by atoms with Crippen LogP contribution in [-0.2, 0) is 13.6 Å². The first-order valence-corrected chi connectivity index (χ1v) is 64.3. The lowest BCUT2D eigenvalue weighted by atomic mass is 9.54. The zero-order valence-corrected chi connectivity index (χ0v) is 59.6. The van der Waals surface area contributed by atoms with E-state index in [-0.39, 0.29) is 18.6 Å². The van der Waals surface area contributed by atoms with Crippen LogP contribution in [0.2, 0.25) is 0 Å². The van der Waals surface area contributed by atoms with E-state index in [0.717, 1.165) is 5.57 Å². The molecule has 34 heteroatoms. The summed E-state index contributed by atoms with van der Waals surface area (Å²) in [7, 11) is 44.0. The molecule has 2 bridgehead atoms. The summed E-state index contributed by atoms with van der Waals surface area (Å²) in [5.74, 6) is -0.920. The normalized spacial score (nSPS) is 31.0. The average molecular weight is 1270 g/mol. The van der Waals surface area contributed by atoms with Crippen molar-refractivity contribution in [3.05, 3.63) is 23.3 Å². The largest absolute Gasteiger partial charge is 0.396 e. The first-order chi connectivity index (χ1) is 24.8. The second-order valence-electron chi connectivity index (χ2n) is 12.9. The standard InChI is InChI=1S/C20H62O6P28/c1-10(7-6-8-21)20(23)12(3)16(25-43(28)46(29)30)17(26-44(47(31)32)53(42-27)49(35)36)15-11(2)14(9-13(18(20)22)19(15,4)5)24-45(52(41)48(33)34)54(50(37)38)51(39)40/h12-14,16-18,21-23,42H,1,6-9,27-41H2,2-5H3/t12-,13?,14+,16-,17-,18-,20+,43?,44?,45?,52?,53?/m1/s1. The monoisotopic (exact) mass is 1270 g/mol. The molecule has 0 heterocycles. The maximum Gasteiger partial charge on any atom is 0.117 e. The second kappa shape index (κ2) is 29.0. The number of rotatable bonds is 20. The molecule has 0 aliphatic heterocycles. The van der Waals surface area contributed by atoms with Crippen molar-refractivity contribution in [2.45, 2.75) is 77.0 Å². The Bertz CT molecular complexity index is 1220. The highest BCUT2D eigenvalue weighted by atomic mass is 33.2. The van der Waals surface area contributed by atoms with Gasteiger partial charge in [-0.25, -0.2) is 0 Å². The van der Waals surface area contributed by atoms with Gasteiger partial charge in [0.05, 0.1) is 40.9 Å². The smallest absolute Gasteiger partial charge is 0.117 e. The van der Waals surface area contributed by atoms with Crippen molar-refractivity contribution in [3.8, 4) is 0 Å². The molecule has 2 rings (SSSR count). The van der Waals surface area contributed by atoms with Crippen molar-refractivity contribution >= 4 is 227 Å². The number of hydrogen-bond donors (Lipinski definition) is 3. The fourth-order valence-electron chi connectivity index (χ4n) is 6.71. The molecule has 54 heavy (non-hydrogen) atoms. The molecule has 6 nitrogen and oxygen atoms in total. The third-order valence-electron chi connectivity index (χ3n) is 9.36. The molecule has 22 unspecified atom stereocenters. The van der Waals surface area contributed by atoms with Gasteiger partial charge in [0.1, 0.15) is 11.7 Å². The lowest BCUT2D eigenvalue weighted by Gasteiger charge is -2.58. The first kappa shape index (κ1) is 61.4. The lowest BCUT2D eigenvalue weighted by molar-refractivity contribution is -0.169. The quantitative estimate of drug-likeness (QED) is 0.0832. The van der Waals surface area contributed by atoms with Gasteiger partial charge in [0.2, 0.25) is 0 Å². The van der Waals surface area contributed by atoms with Crippen molar-refractivity contribution in [3.63, 3.8) is 0 Å². The molecule has 0 amide bonds. The molecule has 0 saturated heterocycles. The summed E-state index contributed by atoms with van der Waals surface area (Å²) in [5.41, 5.74) is 0.619. The summed E-state index contributed by atoms with van der Waals surface area (Å²) in [5, 5.41) is 36.1. The molecular formula is C20H62O6P28. The van der Waals surface area contributed by atoms with Crippen LogP contribution in [0.4, 0.5) is 0 Å². The third-order valence-corrected chi connectivity index (χ3v) is 142. The van der Waals surface area contributed by atoms with E-state index in [4.69, 9.17) is 13.6 Å². The Morgan fingerprint density at radius 2 is 1.39 bits per heavy atom. The van der Waals surface area contributed by atoms with Gasteiger partial charge in [-0.2, -0.15) is 0 Å². The Hall–Kier alpha value is 11.3. The van der Waals surface area contributed by atoms with Gasteiger partial charge in [-0.05, 0) is 96.2 Å². The van der Waals surface area contributed by atoms with Crippen LogP contribution in [0.5, 0.6) is 0 Å². The molecule has 0 aromatic carbocycles. The van der Waals surface area contributed by atoms with Crippen molar-refractivity contribution in [1.29, 1.82) is 0 Å². The van der Waals surface area contributed by atoms with Crippen molar-refractivity contribution < 1.29 is 28.9 Å². The first-order valence-electron chi connectivity index (χ1n) is 15.8. The van der Waals surface area contributed by atoms with Crippen LogP contribution in [0.1, 0.15) is 47.0 Å². The van der Waals surface area contributed by atoms with Gasteiger partial charge in [0.25, 0.3) is 0 Å². The molecule has 0 radical (unpaired) electrons.